The smallest absolute Gasteiger partial charge is 0.189 e. The Morgan fingerprint density at radius 2 is 0.860 bits per heavy atom. The number of thioether (sulfide) groups is 2. The van der Waals surface area contributed by atoms with E-state index in [-0.39, 0.29) is 0 Å². The molecule has 0 aromatic heterocycles. The molecule has 0 aliphatic carbocycles. The maximum atomic E-state index is 12.2. The molecule has 0 aromatic rings. The first kappa shape index (κ1) is 58.2. The van der Waals surface area contributed by atoms with Gasteiger partial charge in [0.15, 0.2) is 10.2 Å². The Kier molecular flexibility index (Phi) is 52.3. The largest absolute Gasteiger partial charge is 0.381 e. The van der Waals surface area contributed by atoms with Crippen LogP contribution in [0.3, 0.4) is 0 Å². The van der Waals surface area contributed by atoms with Gasteiger partial charge in [-0.05, 0) is 78.4 Å². The lowest BCUT2D eigenvalue weighted by Gasteiger charge is -2.15. The van der Waals surface area contributed by atoms with E-state index in [0.717, 1.165) is 95.0 Å². The lowest BCUT2D eigenvalue weighted by Crippen LogP contribution is -2.12. The fourth-order valence-corrected chi connectivity index (χ4v) is 8.22. The summed E-state index contributed by atoms with van der Waals surface area (Å²) in [6.07, 6.45) is 51.6. The summed E-state index contributed by atoms with van der Waals surface area (Å²) in [6.45, 7) is 5.56. The predicted octanol–water partition coefficient (Wildman–Crippen LogP) is 15.7. The van der Waals surface area contributed by atoms with Crippen molar-refractivity contribution in [2.24, 2.45) is 0 Å². The van der Waals surface area contributed by atoms with Crippen molar-refractivity contribution in [3.05, 3.63) is 24.3 Å². The second-order valence-corrected chi connectivity index (χ2v) is 18.6. The van der Waals surface area contributed by atoms with Gasteiger partial charge in [0.05, 0.1) is 6.10 Å². The van der Waals surface area contributed by atoms with Crippen LogP contribution < -0.4 is 0 Å². The van der Waals surface area contributed by atoms with Gasteiger partial charge in [0.2, 0.25) is 0 Å². The summed E-state index contributed by atoms with van der Waals surface area (Å²) in [5.74, 6) is 1.68. The number of nitrogens with zero attached hydrogens (tertiary/aromatic N) is 1. The Morgan fingerprint density at radius 3 is 1.23 bits per heavy atom. The minimum atomic E-state index is 0.355. The first-order valence-corrected chi connectivity index (χ1v) is 26.1. The SMILES string of the molecule is CCCCCCCCCC/C=C\CSC(=O)CCCCCCCC(CCCCCCCC(=O)SC/C=C\CCCCCCCCCC)OC.CN(C)CCCC=O. The average Bonchev–Trinajstić information content (AvgIpc) is 3.20. The molecule has 0 heterocycles. The summed E-state index contributed by atoms with van der Waals surface area (Å²) >= 11 is 2.99. The van der Waals surface area contributed by atoms with Gasteiger partial charge in [0.1, 0.15) is 6.29 Å². The molecule has 0 aliphatic rings. The van der Waals surface area contributed by atoms with Gasteiger partial charge in [0.25, 0.3) is 0 Å². The van der Waals surface area contributed by atoms with Crippen LogP contribution in [0.5, 0.6) is 0 Å². The molecule has 336 valence electrons. The first-order chi connectivity index (χ1) is 27.9. The molecule has 0 radical (unpaired) electrons. The Balaban J connectivity index is 0. The third-order valence-corrected chi connectivity index (χ3v) is 12.3. The number of ether oxygens (including phenoxy) is 1. The van der Waals surface area contributed by atoms with Crippen LogP contribution in [-0.4, -0.2) is 66.8 Å². The van der Waals surface area contributed by atoms with E-state index in [1.165, 1.54) is 165 Å². The summed E-state index contributed by atoms with van der Waals surface area (Å²) in [6, 6.07) is 0. The van der Waals surface area contributed by atoms with Crippen LogP contribution in [0, 0.1) is 0 Å². The van der Waals surface area contributed by atoms with E-state index in [9.17, 15) is 14.4 Å². The molecule has 0 rings (SSSR count). The maximum absolute atomic E-state index is 12.2. The zero-order valence-electron chi connectivity index (χ0n) is 38.5. The molecular formula is C50H95NO4S2. The van der Waals surface area contributed by atoms with E-state index in [0.29, 0.717) is 22.8 Å². The van der Waals surface area contributed by atoms with Gasteiger partial charge < -0.3 is 14.4 Å². The fourth-order valence-electron chi connectivity index (χ4n) is 6.80. The van der Waals surface area contributed by atoms with Gasteiger partial charge in [-0.15, -0.1) is 0 Å². The Morgan fingerprint density at radius 1 is 0.491 bits per heavy atom. The third kappa shape index (κ3) is 53.1. The van der Waals surface area contributed by atoms with Gasteiger partial charge in [0, 0.05) is 37.9 Å². The molecule has 0 aliphatic heterocycles. The number of aldehydes is 1. The minimum Gasteiger partial charge on any atom is -0.381 e. The fraction of sp³-hybridized carbons (Fsp3) is 0.860. The molecule has 0 fully saturated rings. The number of hydrogen-bond acceptors (Lipinski definition) is 7. The summed E-state index contributed by atoms with van der Waals surface area (Å²) in [5.41, 5.74) is 0. The molecule has 5 nitrogen and oxygen atoms in total. The summed E-state index contributed by atoms with van der Waals surface area (Å²) in [4.78, 5) is 36.2. The number of carbonyl (C=O) groups excluding carboxylic acids is 3. The van der Waals surface area contributed by atoms with Crippen molar-refractivity contribution < 1.29 is 19.1 Å². The molecule has 0 saturated heterocycles. The molecular weight excluding hydrogens is 743 g/mol. The standard InChI is InChI=1S/C44H82O3S2.C6H13NO/c1-4-6-8-10-12-14-16-18-20-28-34-40-48-43(45)38-32-26-22-24-30-36-42(47-3)37-31-25-23-27-33-39-44(46)49-41-35-29-21-19-17-15-13-11-9-7-5-2;1-7(2)5-3-4-6-8/h28-29,34-35,42H,4-27,30-33,36-41H2,1-3H3;6H,3-5H2,1-2H3/b34-28-,35-29-;. The van der Waals surface area contributed by atoms with Gasteiger partial charge >= 0.3 is 0 Å². The molecule has 57 heavy (non-hydrogen) atoms. The molecule has 0 saturated carbocycles. The maximum Gasteiger partial charge on any atom is 0.189 e. The third-order valence-electron chi connectivity index (χ3n) is 10.5. The molecule has 0 bridgehead atoms. The van der Waals surface area contributed by atoms with Crippen molar-refractivity contribution in [2.75, 3.05) is 39.3 Å². The molecule has 0 aromatic carbocycles. The average molecular weight is 838 g/mol. The lowest BCUT2D eigenvalue weighted by atomic mass is 10.0. The van der Waals surface area contributed by atoms with Crippen LogP contribution in [0.4, 0.5) is 0 Å². The zero-order valence-corrected chi connectivity index (χ0v) is 40.2. The van der Waals surface area contributed by atoms with Crippen molar-refractivity contribution in [2.45, 2.75) is 238 Å². The van der Waals surface area contributed by atoms with Crippen LogP contribution in [-0.2, 0) is 19.1 Å². The molecule has 0 N–H and O–H groups in total. The highest BCUT2D eigenvalue weighted by Crippen LogP contribution is 2.18. The number of methoxy groups -OCH3 is 1. The summed E-state index contributed by atoms with van der Waals surface area (Å²) < 4.78 is 5.75. The molecule has 0 spiro atoms. The van der Waals surface area contributed by atoms with E-state index in [2.05, 4.69) is 43.1 Å². The Bertz CT molecular complexity index is 834. The van der Waals surface area contributed by atoms with E-state index in [4.69, 9.17) is 4.74 Å². The number of unbranched alkanes of at least 4 members (excludes halogenated alkanes) is 25. The topological polar surface area (TPSA) is 63.7 Å². The number of allylic oxidation sites excluding steroid dienone is 2. The Hall–Kier alpha value is -0.890. The predicted molar refractivity (Wildman–Crippen MR) is 257 cm³/mol. The quantitative estimate of drug-likeness (QED) is 0.0344. The summed E-state index contributed by atoms with van der Waals surface area (Å²) in [7, 11) is 5.87. The van der Waals surface area contributed by atoms with Crippen LogP contribution in [0.2, 0.25) is 0 Å². The van der Waals surface area contributed by atoms with Gasteiger partial charge in [-0.2, -0.15) is 0 Å². The highest BCUT2D eigenvalue weighted by molar-refractivity contribution is 8.14. The van der Waals surface area contributed by atoms with Crippen molar-refractivity contribution >= 4 is 40.0 Å². The normalized spacial score (nSPS) is 11.6. The van der Waals surface area contributed by atoms with Crippen molar-refractivity contribution in [1.29, 1.82) is 0 Å². The lowest BCUT2D eigenvalue weighted by molar-refractivity contribution is -0.111. The number of hydrogen-bond donors (Lipinski definition) is 0. The summed E-state index contributed by atoms with van der Waals surface area (Å²) in [5, 5.41) is 0.711. The van der Waals surface area contributed by atoms with Crippen molar-refractivity contribution in [3.8, 4) is 0 Å². The van der Waals surface area contributed by atoms with Crippen LogP contribution in [0.1, 0.15) is 232 Å². The van der Waals surface area contributed by atoms with E-state index < -0.39 is 0 Å². The van der Waals surface area contributed by atoms with Gasteiger partial charge in [-0.25, -0.2) is 0 Å². The number of carbonyl (C=O) groups is 3. The second-order valence-electron chi connectivity index (χ2n) is 16.4. The highest BCUT2D eigenvalue weighted by atomic mass is 32.2. The highest BCUT2D eigenvalue weighted by Gasteiger charge is 2.08. The van der Waals surface area contributed by atoms with E-state index >= 15 is 0 Å². The number of rotatable bonds is 43. The first-order valence-electron chi connectivity index (χ1n) is 24.1. The molecule has 0 unspecified atom stereocenters. The minimum absolute atomic E-state index is 0.355. The molecule has 0 atom stereocenters. The molecule has 7 heteroatoms. The van der Waals surface area contributed by atoms with Crippen LogP contribution in [0.25, 0.3) is 0 Å². The van der Waals surface area contributed by atoms with Gasteiger partial charge in [-0.3, -0.25) is 9.59 Å². The van der Waals surface area contributed by atoms with Crippen LogP contribution in [0.15, 0.2) is 24.3 Å². The second kappa shape index (κ2) is 51.3. The Labute approximate surface area is 364 Å². The molecule has 0 amide bonds. The van der Waals surface area contributed by atoms with E-state index in [1.54, 1.807) is 0 Å². The van der Waals surface area contributed by atoms with Crippen molar-refractivity contribution in [3.63, 3.8) is 0 Å². The van der Waals surface area contributed by atoms with E-state index in [1.807, 2.05) is 21.2 Å². The monoisotopic (exact) mass is 838 g/mol. The van der Waals surface area contributed by atoms with Crippen molar-refractivity contribution in [1.82, 2.24) is 4.90 Å². The zero-order chi connectivity index (χ0) is 42.1. The van der Waals surface area contributed by atoms with Gasteiger partial charge in [-0.1, -0.05) is 203 Å². The van der Waals surface area contributed by atoms with Crippen LogP contribution >= 0.6 is 23.5 Å².